The topological polar surface area (TPSA) is 231 Å². The zero-order valence-electron chi connectivity index (χ0n) is 67.9. The highest BCUT2D eigenvalue weighted by Gasteiger charge is 2.29. The molecule has 0 aliphatic rings. The van der Waals surface area contributed by atoms with Crippen molar-refractivity contribution in [3.05, 3.63) is 182 Å². The van der Waals surface area contributed by atoms with E-state index in [1.165, 1.54) is 96.3 Å². The van der Waals surface area contributed by atoms with Gasteiger partial charge in [0.05, 0.1) is 26.4 Å². The highest BCUT2D eigenvalue weighted by Crippen LogP contribution is 2.45. The maximum absolute atomic E-state index is 13.0. The first-order valence-electron chi connectivity index (χ1n) is 42.1. The third-order valence-corrected chi connectivity index (χ3v) is 19.0. The van der Waals surface area contributed by atoms with E-state index >= 15 is 0 Å². The second-order valence-corrected chi connectivity index (χ2v) is 30.4. The zero-order valence-corrected chi connectivity index (χ0v) is 69.7. The lowest BCUT2D eigenvalue weighted by Crippen LogP contribution is -2.30. The molecule has 0 heterocycles. The fourth-order valence-electron chi connectivity index (χ4n) is 10.8. The minimum Gasteiger partial charge on any atom is -0.463 e. The van der Waals surface area contributed by atoms with E-state index < -0.39 is 91.5 Å². The highest BCUT2D eigenvalue weighted by atomic mass is 31.2. The lowest BCUT2D eigenvalue weighted by atomic mass is 10.0. The van der Waals surface area contributed by atoms with Gasteiger partial charge in [0.1, 0.15) is 25.4 Å². The molecule has 0 saturated carbocycles. The molecule has 18 heteroatoms. The molecular formula is C91H150O16P2. The lowest BCUT2D eigenvalue weighted by Gasteiger charge is -2.21. The minimum atomic E-state index is -4.96. The van der Waals surface area contributed by atoms with Crippen LogP contribution in [-0.4, -0.2) is 95.9 Å². The molecule has 0 bridgehead atoms. The van der Waals surface area contributed by atoms with Gasteiger partial charge in [0.2, 0.25) is 0 Å². The van der Waals surface area contributed by atoms with Gasteiger partial charge < -0.3 is 34.2 Å². The summed E-state index contributed by atoms with van der Waals surface area (Å²) in [5, 5.41) is 20.7. The van der Waals surface area contributed by atoms with E-state index in [9.17, 15) is 43.5 Å². The molecule has 0 aliphatic heterocycles. The number of aliphatic hydroxyl groups is 2. The molecule has 0 rings (SSSR count). The molecule has 620 valence electrons. The molecule has 0 amide bonds. The molecule has 5 unspecified atom stereocenters. The number of aliphatic hydroxyl groups excluding tert-OH is 2. The van der Waals surface area contributed by atoms with Crippen LogP contribution in [0.3, 0.4) is 0 Å². The molecule has 5 atom stereocenters. The number of unbranched alkanes of at least 4 members (excludes halogenated alkanes) is 25. The third-order valence-electron chi connectivity index (χ3n) is 17.1. The van der Waals surface area contributed by atoms with Gasteiger partial charge in [-0.05, 0) is 161 Å². The van der Waals surface area contributed by atoms with Gasteiger partial charge in [-0.3, -0.25) is 32.5 Å². The SMILES string of the molecule is CC/C=C\C/C=C\C/C=C\C/C=C\C/C=C\C/C=C\CCCCC(=O)OCC(COP(=O)(O)OCC(O)COP(=O)(O)OCC(O)COC(=O)CCCCCCCCCCCCCCCCC/C=C\C/C=C\C/C=C\C/C=C\C/C=C\CC)OC(=O)CCCCCCC/C=C\C/C=C\C/C=C\C/C=C\CCCCC. The van der Waals surface area contributed by atoms with Crippen molar-refractivity contribution in [2.45, 2.75) is 334 Å². The Morgan fingerprint density at radius 2 is 0.486 bits per heavy atom. The average Bonchev–Trinajstić information content (AvgIpc) is 0.902. The van der Waals surface area contributed by atoms with Crippen molar-refractivity contribution in [2.75, 3.05) is 39.6 Å². The summed E-state index contributed by atoms with van der Waals surface area (Å²) in [5.41, 5.74) is 0. The minimum absolute atomic E-state index is 0.0671. The predicted octanol–water partition coefficient (Wildman–Crippen LogP) is 25.3. The van der Waals surface area contributed by atoms with Crippen LogP contribution < -0.4 is 0 Å². The Balaban J connectivity index is 4.63. The smallest absolute Gasteiger partial charge is 0.463 e. The number of esters is 3. The molecule has 0 spiro atoms. The van der Waals surface area contributed by atoms with Crippen LogP contribution >= 0.6 is 15.6 Å². The molecule has 4 N–H and O–H groups in total. The van der Waals surface area contributed by atoms with E-state index in [0.29, 0.717) is 19.3 Å². The van der Waals surface area contributed by atoms with Gasteiger partial charge in [-0.25, -0.2) is 9.13 Å². The Bertz CT molecular complexity index is 2710. The summed E-state index contributed by atoms with van der Waals surface area (Å²) < 4.78 is 61.2. The number of phosphoric acid groups is 2. The molecule has 0 saturated heterocycles. The number of hydrogen-bond donors (Lipinski definition) is 4. The van der Waals surface area contributed by atoms with Crippen LogP contribution in [0.25, 0.3) is 0 Å². The van der Waals surface area contributed by atoms with Gasteiger partial charge >= 0.3 is 33.6 Å². The monoisotopic (exact) mass is 1560 g/mol. The summed E-state index contributed by atoms with van der Waals surface area (Å²) in [6.07, 6.45) is 107. The number of carbonyl (C=O) groups is 3. The van der Waals surface area contributed by atoms with Gasteiger partial charge in [-0.1, -0.05) is 319 Å². The second kappa shape index (κ2) is 82.1. The molecule has 0 aliphatic carbocycles. The maximum Gasteiger partial charge on any atom is 0.472 e. The summed E-state index contributed by atoms with van der Waals surface area (Å²) in [5.74, 6) is -1.65. The van der Waals surface area contributed by atoms with Gasteiger partial charge in [0.25, 0.3) is 0 Å². The first-order chi connectivity index (χ1) is 53.2. The van der Waals surface area contributed by atoms with Crippen molar-refractivity contribution < 1.29 is 75.8 Å². The first-order valence-corrected chi connectivity index (χ1v) is 45.1. The van der Waals surface area contributed by atoms with E-state index in [0.717, 1.165) is 161 Å². The Hall–Kier alpha value is -5.35. The van der Waals surface area contributed by atoms with E-state index in [-0.39, 0.29) is 19.3 Å². The Morgan fingerprint density at radius 1 is 0.266 bits per heavy atom. The van der Waals surface area contributed by atoms with Crippen LogP contribution in [0, 0.1) is 0 Å². The van der Waals surface area contributed by atoms with Crippen molar-refractivity contribution in [1.29, 1.82) is 0 Å². The average molecular weight is 1560 g/mol. The van der Waals surface area contributed by atoms with Crippen LogP contribution in [-0.2, 0) is 55.8 Å². The summed E-state index contributed by atoms with van der Waals surface area (Å²) in [6, 6.07) is 0. The van der Waals surface area contributed by atoms with Crippen LogP contribution in [0.4, 0.5) is 0 Å². The molecule has 0 radical (unpaired) electrons. The van der Waals surface area contributed by atoms with Gasteiger partial charge in [-0.2, -0.15) is 0 Å². The summed E-state index contributed by atoms with van der Waals surface area (Å²) in [4.78, 5) is 58.8. The Kier molecular flexibility index (Phi) is 78.1. The molecule has 0 aromatic rings. The van der Waals surface area contributed by atoms with Crippen LogP contribution in [0.5, 0.6) is 0 Å². The van der Waals surface area contributed by atoms with E-state index in [2.05, 4.69) is 203 Å². The normalized spacial score (nSPS) is 14.8. The van der Waals surface area contributed by atoms with E-state index in [1.54, 1.807) is 0 Å². The van der Waals surface area contributed by atoms with E-state index in [4.69, 9.17) is 32.3 Å². The van der Waals surface area contributed by atoms with Crippen molar-refractivity contribution in [3.8, 4) is 0 Å². The quantitative estimate of drug-likeness (QED) is 0.0146. The van der Waals surface area contributed by atoms with Crippen LogP contribution in [0.15, 0.2) is 182 Å². The van der Waals surface area contributed by atoms with Crippen LogP contribution in [0.1, 0.15) is 316 Å². The van der Waals surface area contributed by atoms with Crippen LogP contribution in [0.2, 0.25) is 0 Å². The molecular weight excluding hydrogens is 1410 g/mol. The highest BCUT2D eigenvalue weighted by molar-refractivity contribution is 7.47. The maximum atomic E-state index is 13.0. The molecule has 0 aromatic heterocycles. The number of rotatable bonds is 78. The fraction of sp³-hybridized carbons (Fsp3) is 0.637. The number of phosphoric ester groups is 2. The zero-order chi connectivity index (χ0) is 79.4. The van der Waals surface area contributed by atoms with Gasteiger partial charge in [-0.15, -0.1) is 0 Å². The Labute approximate surface area is 662 Å². The fourth-order valence-corrected chi connectivity index (χ4v) is 12.3. The second-order valence-electron chi connectivity index (χ2n) is 27.5. The van der Waals surface area contributed by atoms with Gasteiger partial charge in [0.15, 0.2) is 6.10 Å². The van der Waals surface area contributed by atoms with Gasteiger partial charge in [0, 0.05) is 19.3 Å². The standard InChI is InChI=1S/C91H150O16P2/c1-4-7-10-13-16-19-22-25-28-31-34-37-38-39-40-41-42-43-44-45-46-49-51-53-56-59-62-65-68-71-74-77-89(94)101-80-86(92)81-103-108(97,98)104-82-87(93)83-105-109(99,100)106-85-88(107-91(96)79-76-73-70-67-64-61-58-55-52-48-36-33-30-27-24-21-18-15-12-9-6-3)84-102-90(95)78-75-72-69-66-63-60-57-54-50-47-35-32-29-26-23-20-17-14-11-8-5-2/h7-8,10-11,16-21,25-30,34-37,39-40,47-48,54-55,57-58,63,66,86-88,92-93H,4-6,9,12-15,22-24,31-33,38,41-46,49-53,56,59-62,64-65,67-85H2,1-3H3,(H,97,98)(H,99,100)/b10-7-,11-8-,19-16-,20-17-,21-18-,28-25-,29-26-,30-27-,37-34-,40-39-,47-35-,48-36-,57-54-,58-55-,66-63-. The number of hydrogen-bond acceptors (Lipinski definition) is 14. The lowest BCUT2D eigenvalue weighted by molar-refractivity contribution is -0.161. The first kappa shape index (κ1) is 104. The van der Waals surface area contributed by atoms with Crippen molar-refractivity contribution >= 4 is 33.6 Å². The number of carbonyl (C=O) groups excluding carboxylic acids is 3. The number of ether oxygens (including phenoxy) is 3. The van der Waals surface area contributed by atoms with Crippen molar-refractivity contribution in [1.82, 2.24) is 0 Å². The molecule has 0 aromatic carbocycles. The Morgan fingerprint density at radius 3 is 0.789 bits per heavy atom. The number of allylic oxidation sites excluding steroid dienone is 30. The molecule has 109 heavy (non-hydrogen) atoms. The summed E-state index contributed by atoms with van der Waals surface area (Å²) >= 11 is 0. The molecule has 0 fully saturated rings. The predicted molar refractivity (Wildman–Crippen MR) is 454 cm³/mol. The largest absolute Gasteiger partial charge is 0.472 e. The third kappa shape index (κ3) is 83.4. The van der Waals surface area contributed by atoms with E-state index in [1.807, 2.05) is 0 Å². The van der Waals surface area contributed by atoms with Crippen molar-refractivity contribution in [3.63, 3.8) is 0 Å². The molecule has 16 nitrogen and oxygen atoms in total. The van der Waals surface area contributed by atoms with Crippen molar-refractivity contribution in [2.24, 2.45) is 0 Å². The summed E-state index contributed by atoms with van der Waals surface area (Å²) in [7, 11) is -9.83. The summed E-state index contributed by atoms with van der Waals surface area (Å²) in [6.45, 7) is 2.35.